The van der Waals surface area contributed by atoms with Crippen LogP contribution in [-0.2, 0) is 57.1 Å². The Morgan fingerprint density at radius 1 is 0.608 bits per heavy atom. The second-order valence-corrected chi connectivity index (χ2v) is 26.5. The van der Waals surface area contributed by atoms with E-state index in [-0.39, 0.29) is 53.4 Å². The van der Waals surface area contributed by atoms with E-state index < -0.39 is 158 Å². The molecule has 2 aromatic rings. The number of Topliss-reactive ketones (excluding diaryl/α,β-unsaturated/α-hetero) is 2. The molecule has 0 unspecified atom stereocenters. The molecule has 79 heavy (non-hydrogen) atoms. The Kier molecular flexibility index (Phi) is 14.7. The maximum absolute atomic E-state index is 14.9. The summed E-state index contributed by atoms with van der Waals surface area (Å²) in [7, 11) is 0. The fourth-order valence-corrected chi connectivity index (χ4v) is 16.7. The predicted molar refractivity (Wildman–Crippen MR) is 279 cm³/mol. The van der Waals surface area contributed by atoms with Crippen LogP contribution in [0, 0.1) is 39.4 Å². The highest BCUT2D eigenvalue weighted by Crippen LogP contribution is 2.67. The predicted octanol–water partition coefficient (Wildman–Crippen LogP) is 4.13. The molecule has 4 saturated carbocycles. The molecule has 0 aromatic carbocycles. The fraction of sp³-hybridized carbons (Fsp3) is 0.667. The summed E-state index contributed by atoms with van der Waals surface area (Å²) in [5, 5.41) is 74.2. The molecule has 8 aliphatic rings. The van der Waals surface area contributed by atoms with Gasteiger partial charge in [-0.25, -0.2) is 9.59 Å². The van der Waals surface area contributed by atoms with Crippen LogP contribution in [0.15, 0.2) is 57.3 Å². The number of hydrogen-bond acceptors (Lipinski definition) is 22. The van der Waals surface area contributed by atoms with Crippen molar-refractivity contribution in [2.45, 2.75) is 186 Å². The normalized spacial score (nSPS) is 42.4. The molecule has 2 saturated heterocycles. The minimum absolute atomic E-state index is 0.0766. The Morgan fingerprint density at radius 2 is 1.04 bits per heavy atom. The van der Waals surface area contributed by atoms with Gasteiger partial charge in [-0.2, -0.15) is 0 Å². The van der Waals surface area contributed by atoms with E-state index >= 15 is 0 Å². The average molecular weight is 1140 g/mol. The van der Waals surface area contributed by atoms with E-state index in [1.807, 2.05) is 6.92 Å². The number of fused-ring (bicyclic) bond motifs is 10. The van der Waals surface area contributed by atoms with Gasteiger partial charge in [-0.15, -0.1) is 22.7 Å². The lowest BCUT2D eigenvalue weighted by Crippen LogP contribution is -2.81. The van der Waals surface area contributed by atoms with Crippen LogP contribution in [0.5, 0.6) is 0 Å². The summed E-state index contributed by atoms with van der Waals surface area (Å²) in [6.07, 6.45) is -11.8. The van der Waals surface area contributed by atoms with Crippen LogP contribution in [0.2, 0.25) is 0 Å². The molecular formula is C57H72O20S2. The molecule has 4 bridgehead atoms. The molecule has 0 radical (unpaired) electrons. The molecule has 0 amide bonds. The summed E-state index contributed by atoms with van der Waals surface area (Å²) in [5.41, 5.74) is -11.8. The van der Waals surface area contributed by atoms with Gasteiger partial charge in [0, 0.05) is 56.3 Å². The lowest BCUT2D eigenvalue weighted by atomic mass is 9.43. The highest BCUT2D eigenvalue weighted by atomic mass is 32.1. The Morgan fingerprint density at radius 3 is 1.44 bits per heavy atom. The maximum atomic E-state index is 14.9. The third-order valence-corrected chi connectivity index (χ3v) is 21.7. The van der Waals surface area contributed by atoms with E-state index in [0.717, 1.165) is 22.7 Å². The van der Waals surface area contributed by atoms with Gasteiger partial charge in [0.15, 0.2) is 28.9 Å². The number of hydrogen-bond donors (Lipinski definition) is 6. The monoisotopic (exact) mass is 1140 g/mol. The van der Waals surface area contributed by atoms with E-state index in [0.29, 0.717) is 17.6 Å². The van der Waals surface area contributed by atoms with Crippen molar-refractivity contribution in [2.75, 3.05) is 13.2 Å². The van der Waals surface area contributed by atoms with E-state index in [4.69, 9.17) is 33.2 Å². The molecule has 4 heterocycles. The Labute approximate surface area is 465 Å². The smallest absolute Gasteiger partial charge is 0.348 e. The van der Waals surface area contributed by atoms with Crippen LogP contribution in [0.1, 0.15) is 128 Å². The molecule has 10 rings (SSSR count). The Bertz CT molecular complexity index is 2910. The zero-order chi connectivity index (χ0) is 58.3. The van der Waals surface area contributed by atoms with Gasteiger partial charge in [0.25, 0.3) is 0 Å². The quantitative estimate of drug-likeness (QED) is 0.129. The number of aliphatic hydroxyl groups excluding tert-OH is 4. The number of ketones is 2. The van der Waals surface area contributed by atoms with Gasteiger partial charge in [-0.3, -0.25) is 24.0 Å². The summed E-state index contributed by atoms with van der Waals surface area (Å²) < 4.78 is 41.6. The van der Waals surface area contributed by atoms with Gasteiger partial charge in [0.1, 0.15) is 51.5 Å². The number of esters is 5. The second-order valence-electron chi connectivity index (χ2n) is 24.6. The maximum Gasteiger partial charge on any atom is 0.348 e. The molecule has 22 heteroatoms. The van der Waals surface area contributed by atoms with Crippen LogP contribution >= 0.6 is 22.7 Å². The Balaban J connectivity index is 0.000000192. The van der Waals surface area contributed by atoms with Crippen molar-refractivity contribution in [3.63, 3.8) is 0 Å². The second kappa shape index (κ2) is 19.7. The molecular weight excluding hydrogens is 1070 g/mol. The van der Waals surface area contributed by atoms with Gasteiger partial charge < -0.3 is 63.8 Å². The van der Waals surface area contributed by atoms with Crippen LogP contribution in [0.3, 0.4) is 0 Å². The zero-order valence-electron chi connectivity index (χ0n) is 46.4. The largest absolute Gasteiger partial charge is 0.455 e. The number of aliphatic hydroxyl groups is 6. The van der Waals surface area contributed by atoms with Crippen molar-refractivity contribution in [2.24, 2.45) is 39.4 Å². The molecule has 6 aliphatic carbocycles. The fourth-order valence-electron chi connectivity index (χ4n) is 15.5. The number of ether oxygens (including phenoxy) is 7. The van der Waals surface area contributed by atoms with Gasteiger partial charge in [0.2, 0.25) is 0 Å². The molecule has 6 fully saturated rings. The average Bonchev–Trinajstić information content (AvgIpc) is 2.31. The lowest BCUT2D eigenvalue weighted by molar-refractivity contribution is -0.345. The number of thiophene rings is 2. The van der Waals surface area contributed by atoms with Crippen molar-refractivity contribution < 1.29 is 97.4 Å². The van der Waals surface area contributed by atoms with Gasteiger partial charge in [0.05, 0.1) is 48.8 Å². The van der Waals surface area contributed by atoms with Crippen LogP contribution in [0.25, 0.3) is 0 Å². The first-order valence-electron chi connectivity index (χ1n) is 26.6. The molecule has 2 aliphatic heterocycles. The molecule has 0 spiro atoms. The minimum Gasteiger partial charge on any atom is -0.455 e. The first kappa shape index (κ1) is 58.9. The summed E-state index contributed by atoms with van der Waals surface area (Å²) in [5.74, 6) is -7.58. The zero-order valence-corrected chi connectivity index (χ0v) is 48.0. The standard InChI is InChI=1S/C30H38O10S.C27H34O10S/c1-14-11-20-29(13-37-20,40-17(4)32)23-25(39-26(35)19-9-8-10-41-19)30(36)12-18(33)15(2)21(27(30,5)6)22(38-16(3)31)24(34)28(14,23)7;1-12-14(29)10-27(34)22(36-23(33)15-7-6-8-38-15)20-25(5,21(32)19(31)18(12)24(27,3)4)16(30)9-17-26(20,11-35-17)37-13(2)28/h8-10,14,18,20,22-23,25,33,36H,11-13H2,1-7H3;6-8,14,16-17,19-20,22,29-31,34H,9-11H2,1-5H3/t14-,18-,20+,22+,23-,25-,28+,29-,30+;14-,16-,17+,19+,20-,22-,25+,26-,27+/m00/s1. The van der Waals surface area contributed by atoms with Gasteiger partial charge >= 0.3 is 29.8 Å². The van der Waals surface area contributed by atoms with Crippen molar-refractivity contribution >= 4 is 64.1 Å². The summed E-state index contributed by atoms with van der Waals surface area (Å²) in [4.78, 5) is 94.2. The third kappa shape index (κ3) is 8.33. The third-order valence-electron chi connectivity index (χ3n) is 20.0. The highest BCUT2D eigenvalue weighted by molar-refractivity contribution is 7.12. The van der Waals surface area contributed by atoms with Crippen molar-refractivity contribution in [3.8, 4) is 0 Å². The molecule has 18 atom stereocenters. The van der Waals surface area contributed by atoms with E-state index in [2.05, 4.69) is 0 Å². The van der Waals surface area contributed by atoms with Gasteiger partial charge in [-0.05, 0) is 78.3 Å². The van der Waals surface area contributed by atoms with E-state index in [1.54, 1.807) is 83.5 Å². The molecule has 2 aromatic heterocycles. The van der Waals surface area contributed by atoms with Crippen molar-refractivity contribution in [3.05, 3.63) is 67.1 Å². The van der Waals surface area contributed by atoms with E-state index in [1.165, 1.54) is 27.7 Å². The number of carbonyl (C=O) groups excluding carboxylic acids is 7. The lowest BCUT2D eigenvalue weighted by Gasteiger charge is -2.68. The summed E-state index contributed by atoms with van der Waals surface area (Å²) in [6.45, 7) is 18.3. The van der Waals surface area contributed by atoms with E-state index in [9.17, 15) is 64.2 Å². The van der Waals surface area contributed by atoms with Crippen LogP contribution in [-0.4, -0.2) is 163 Å². The van der Waals surface area contributed by atoms with Crippen LogP contribution in [0.4, 0.5) is 0 Å². The summed E-state index contributed by atoms with van der Waals surface area (Å²) in [6, 6.07) is 6.51. The van der Waals surface area contributed by atoms with Crippen molar-refractivity contribution in [1.29, 1.82) is 0 Å². The first-order chi connectivity index (χ1) is 36.6. The molecule has 6 N–H and O–H groups in total. The molecule has 20 nitrogen and oxygen atoms in total. The highest BCUT2D eigenvalue weighted by Gasteiger charge is 2.80. The van der Waals surface area contributed by atoms with Crippen LogP contribution < -0.4 is 0 Å². The number of carbonyl (C=O) groups is 7. The topological polar surface area (TPSA) is 305 Å². The van der Waals surface area contributed by atoms with Gasteiger partial charge in [-0.1, -0.05) is 53.7 Å². The summed E-state index contributed by atoms with van der Waals surface area (Å²) >= 11 is 2.29. The minimum atomic E-state index is -2.05. The number of rotatable bonds is 7. The van der Waals surface area contributed by atoms with Crippen molar-refractivity contribution in [1.82, 2.24) is 0 Å². The molecule has 432 valence electrons. The first-order valence-corrected chi connectivity index (χ1v) is 28.4. The Hall–Kier alpha value is -4.75. The SMILES string of the molecule is CC(=O)O[C@@]12CO[C@@H]1C[C@H](O)[C@@]1(C)C(=O)[C@H](O)C3=C(C)[C@@H](O)C[C@@](O)([C@@H](OC(=O)c4cccs4)[C@H]21)C3(C)C.CC(=O)O[C@H]1C(=O)[C@@]2(C)[C@H]([C@H](OC(=O)c3cccs3)[C@]3(O)C[C@H](O)C(C)=C1C3(C)C)[C@]1(OC(C)=O)CO[C@@H]1C[C@@H]2C.